The Morgan fingerprint density at radius 2 is 1.95 bits per heavy atom. The lowest BCUT2D eigenvalue weighted by atomic mass is 9.92. The van der Waals surface area contributed by atoms with Crippen LogP contribution in [-0.2, 0) is 11.2 Å². The number of phenols is 1. The first-order chi connectivity index (χ1) is 10.5. The molecular formula is C16H13Cl2NO3. The lowest BCUT2D eigenvalue weighted by Crippen LogP contribution is -2.40. The highest BCUT2D eigenvalue weighted by atomic mass is 35.5. The predicted octanol–water partition coefficient (Wildman–Crippen LogP) is 3.89. The Balaban J connectivity index is 2.09. The standard InChI is InChI=1S/C16H13Cl2NO3/c17-10-1-4-14(13(18)8-10)19-6-5-9-7-11(20)2-3-12(9)15(19)16(21)22/h1-4,7-8,15,20H,5-6H2,(H,21,22). The van der Waals surface area contributed by atoms with Crippen LogP contribution in [0.3, 0.4) is 0 Å². The second-order valence-corrected chi connectivity index (χ2v) is 6.01. The monoisotopic (exact) mass is 337 g/mol. The summed E-state index contributed by atoms with van der Waals surface area (Å²) in [4.78, 5) is 13.5. The van der Waals surface area contributed by atoms with Crippen molar-refractivity contribution in [1.82, 2.24) is 0 Å². The second-order valence-electron chi connectivity index (χ2n) is 5.16. The highest BCUT2D eigenvalue weighted by Gasteiger charge is 2.34. The van der Waals surface area contributed by atoms with Crippen molar-refractivity contribution in [1.29, 1.82) is 0 Å². The quantitative estimate of drug-likeness (QED) is 0.872. The van der Waals surface area contributed by atoms with E-state index in [1.54, 1.807) is 35.2 Å². The van der Waals surface area contributed by atoms with Crippen molar-refractivity contribution in [3.05, 3.63) is 57.6 Å². The van der Waals surface area contributed by atoms with Crippen LogP contribution in [0.1, 0.15) is 17.2 Å². The molecule has 1 atom stereocenters. The van der Waals surface area contributed by atoms with Gasteiger partial charge in [-0.3, -0.25) is 0 Å². The Bertz CT molecular complexity index is 748. The van der Waals surface area contributed by atoms with Gasteiger partial charge in [-0.15, -0.1) is 0 Å². The minimum absolute atomic E-state index is 0.140. The fourth-order valence-electron chi connectivity index (χ4n) is 2.85. The normalized spacial score (nSPS) is 17.2. The maximum absolute atomic E-state index is 11.8. The molecule has 1 aliphatic heterocycles. The van der Waals surface area contributed by atoms with Crippen LogP contribution in [0.4, 0.5) is 5.69 Å². The van der Waals surface area contributed by atoms with Crippen molar-refractivity contribution in [2.45, 2.75) is 12.5 Å². The molecule has 0 saturated heterocycles. The summed E-state index contributed by atoms with van der Waals surface area (Å²) in [7, 11) is 0. The van der Waals surface area contributed by atoms with Gasteiger partial charge in [0.25, 0.3) is 0 Å². The molecule has 114 valence electrons. The Kier molecular flexibility index (Phi) is 3.89. The third kappa shape index (κ3) is 2.60. The van der Waals surface area contributed by atoms with Gasteiger partial charge in [0.05, 0.1) is 10.7 Å². The maximum Gasteiger partial charge on any atom is 0.331 e. The molecule has 0 saturated carbocycles. The number of aliphatic carboxylic acids is 1. The first-order valence-electron chi connectivity index (χ1n) is 6.73. The number of hydrogen-bond donors (Lipinski definition) is 2. The number of halogens is 2. The van der Waals surface area contributed by atoms with Crippen molar-refractivity contribution >= 4 is 34.9 Å². The molecule has 0 amide bonds. The van der Waals surface area contributed by atoms with E-state index in [2.05, 4.69) is 0 Å². The first kappa shape index (κ1) is 15.0. The van der Waals surface area contributed by atoms with Crippen molar-refractivity contribution in [3.63, 3.8) is 0 Å². The lowest BCUT2D eigenvalue weighted by Gasteiger charge is -2.37. The van der Waals surface area contributed by atoms with Crippen LogP contribution in [0.25, 0.3) is 0 Å². The fourth-order valence-corrected chi connectivity index (χ4v) is 3.37. The van der Waals surface area contributed by atoms with E-state index >= 15 is 0 Å². The molecular weight excluding hydrogens is 325 g/mol. The molecule has 0 aromatic heterocycles. The van der Waals surface area contributed by atoms with Gasteiger partial charge in [0.2, 0.25) is 0 Å². The molecule has 3 rings (SSSR count). The van der Waals surface area contributed by atoms with Crippen LogP contribution in [0.15, 0.2) is 36.4 Å². The third-order valence-electron chi connectivity index (χ3n) is 3.81. The number of benzene rings is 2. The molecule has 22 heavy (non-hydrogen) atoms. The molecule has 6 heteroatoms. The Hall–Kier alpha value is -1.91. The minimum atomic E-state index is -0.961. The summed E-state index contributed by atoms with van der Waals surface area (Å²) in [5, 5.41) is 20.2. The van der Waals surface area contributed by atoms with Crippen molar-refractivity contribution in [2.24, 2.45) is 0 Å². The molecule has 4 nitrogen and oxygen atoms in total. The van der Waals surface area contributed by atoms with Crippen LogP contribution in [0.5, 0.6) is 5.75 Å². The number of carboxylic acids is 1. The van der Waals surface area contributed by atoms with Gasteiger partial charge in [-0.05, 0) is 47.9 Å². The van der Waals surface area contributed by atoms with Crippen LogP contribution >= 0.6 is 23.2 Å². The van der Waals surface area contributed by atoms with E-state index < -0.39 is 12.0 Å². The Labute approximate surface area is 137 Å². The summed E-state index contributed by atoms with van der Waals surface area (Å²) in [5.41, 5.74) is 2.15. The molecule has 2 aromatic rings. The number of carbonyl (C=O) groups is 1. The summed E-state index contributed by atoms with van der Waals surface area (Å²) in [6, 6.07) is 8.94. The molecule has 0 fully saturated rings. The molecule has 0 radical (unpaired) electrons. The van der Waals surface area contributed by atoms with E-state index in [0.29, 0.717) is 34.3 Å². The zero-order valence-electron chi connectivity index (χ0n) is 11.5. The Morgan fingerprint density at radius 1 is 1.18 bits per heavy atom. The number of aromatic hydroxyl groups is 1. The van der Waals surface area contributed by atoms with E-state index in [0.717, 1.165) is 5.56 Å². The summed E-state index contributed by atoms with van der Waals surface area (Å²) in [5.74, 6) is -0.821. The molecule has 0 bridgehead atoms. The second kappa shape index (κ2) is 5.71. The summed E-state index contributed by atoms with van der Waals surface area (Å²) >= 11 is 12.1. The predicted molar refractivity (Wildman–Crippen MR) is 86.0 cm³/mol. The van der Waals surface area contributed by atoms with E-state index in [9.17, 15) is 15.0 Å². The number of anilines is 1. The van der Waals surface area contributed by atoms with Crippen molar-refractivity contribution < 1.29 is 15.0 Å². The largest absolute Gasteiger partial charge is 0.508 e. The van der Waals surface area contributed by atoms with Crippen molar-refractivity contribution in [3.8, 4) is 5.75 Å². The fraction of sp³-hybridized carbons (Fsp3) is 0.188. The average molecular weight is 338 g/mol. The summed E-state index contributed by atoms with van der Waals surface area (Å²) in [6.45, 7) is 0.495. The minimum Gasteiger partial charge on any atom is -0.508 e. The topological polar surface area (TPSA) is 60.8 Å². The molecule has 0 spiro atoms. The zero-order valence-corrected chi connectivity index (χ0v) is 13.0. The average Bonchev–Trinajstić information content (AvgIpc) is 2.46. The van der Waals surface area contributed by atoms with E-state index in [1.165, 1.54) is 6.07 Å². The first-order valence-corrected chi connectivity index (χ1v) is 7.49. The highest BCUT2D eigenvalue weighted by Crippen LogP contribution is 2.39. The highest BCUT2D eigenvalue weighted by molar-refractivity contribution is 6.36. The summed E-state index contributed by atoms with van der Waals surface area (Å²) in [6.07, 6.45) is 0.631. The SMILES string of the molecule is O=C(O)C1c2ccc(O)cc2CCN1c1ccc(Cl)cc1Cl. The summed E-state index contributed by atoms with van der Waals surface area (Å²) < 4.78 is 0. The maximum atomic E-state index is 11.8. The molecule has 1 unspecified atom stereocenters. The number of nitrogens with zero attached hydrogens (tertiary/aromatic N) is 1. The third-order valence-corrected chi connectivity index (χ3v) is 4.35. The van der Waals surface area contributed by atoms with Gasteiger partial charge in [0.15, 0.2) is 6.04 Å². The van der Waals surface area contributed by atoms with Gasteiger partial charge < -0.3 is 15.1 Å². The smallest absolute Gasteiger partial charge is 0.331 e. The van der Waals surface area contributed by atoms with Gasteiger partial charge in [-0.25, -0.2) is 4.79 Å². The molecule has 2 aromatic carbocycles. The number of fused-ring (bicyclic) bond motifs is 1. The van der Waals surface area contributed by atoms with Gasteiger partial charge >= 0.3 is 5.97 Å². The molecule has 2 N–H and O–H groups in total. The number of hydrogen-bond acceptors (Lipinski definition) is 3. The van der Waals surface area contributed by atoms with Crippen LogP contribution in [0, 0.1) is 0 Å². The van der Waals surface area contributed by atoms with Gasteiger partial charge in [0.1, 0.15) is 5.75 Å². The zero-order chi connectivity index (χ0) is 15.9. The number of rotatable bonds is 2. The van der Waals surface area contributed by atoms with E-state index in [4.69, 9.17) is 23.2 Å². The van der Waals surface area contributed by atoms with Gasteiger partial charge in [0, 0.05) is 11.6 Å². The lowest BCUT2D eigenvalue weighted by molar-refractivity contribution is -0.138. The molecule has 1 heterocycles. The van der Waals surface area contributed by atoms with Crippen LogP contribution in [0.2, 0.25) is 10.0 Å². The van der Waals surface area contributed by atoms with E-state index in [-0.39, 0.29) is 5.75 Å². The van der Waals surface area contributed by atoms with Crippen molar-refractivity contribution in [2.75, 3.05) is 11.4 Å². The number of phenolic OH excluding ortho intramolecular Hbond substituents is 1. The molecule has 0 aliphatic carbocycles. The van der Waals surface area contributed by atoms with E-state index in [1.807, 2.05) is 0 Å². The van der Waals surface area contributed by atoms with Gasteiger partial charge in [-0.2, -0.15) is 0 Å². The van der Waals surface area contributed by atoms with Crippen LogP contribution < -0.4 is 4.90 Å². The number of carboxylic acid groups (broad SMARTS) is 1. The Morgan fingerprint density at radius 3 is 2.64 bits per heavy atom. The van der Waals surface area contributed by atoms with Crippen LogP contribution in [-0.4, -0.2) is 22.7 Å². The van der Waals surface area contributed by atoms with Gasteiger partial charge in [-0.1, -0.05) is 29.3 Å². The molecule has 1 aliphatic rings.